The Labute approximate surface area is 158 Å². The number of benzene rings is 1. The number of carbonyl (C=O) groups excluding carboxylic acids is 1. The van der Waals surface area contributed by atoms with Crippen LogP contribution >= 0.6 is 0 Å². The van der Waals surface area contributed by atoms with Gasteiger partial charge >= 0.3 is 0 Å². The summed E-state index contributed by atoms with van der Waals surface area (Å²) in [6.45, 7) is 0.996. The summed E-state index contributed by atoms with van der Waals surface area (Å²) < 4.78 is 5.76. The van der Waals surface area contributed by atoms with Gasteiger partial charge < -0.3 is 15.8 Å². The van der Waals surface area contributed by atoms with Crippen molar-refractivity contribution in [2.45, 2.75) is 31.7 Å². The highest BCUT2D eigenvalue weighted by atomic mass is 16.5. The van der Waals surface area contributed by atoms with Gasteiger partial charge in [0.1, 0.15) is 12.4 Å². The van der Waals surface area contributed by atoms with Crippen molar-refractivity contribution < 1.29 is 9.53 Å². The van der Waals surface area contributed by atoms with Gasteiger partial charge in [0.05, 0.1) is 23.8 Å². The first-order chi connectivity index (χ1) is 13.2. The molecule has 5 nitrogen and oxygen atoms in total. The molecule has 1 aliphatic heterocycles. The van der Waals surface area contributed by atoms with Crippen LogP contribution in [0.3, 0.4) is 0 Å². The van der Waals surface area contributed by atoms with Crippen LogP contribution in [0.15, 0.2) is 36.4 Å². The second kappa shape index (κ2) is 6.50. The number of fused-ring (bicyclic) bond motifs is 2. The van der Waals surface area contributed by atoms with Crippen molar-refractivity contribution >= 4 is 11.5 Å². The average molecular weight is 361 g/mol. The molecule has 0 radical (unpaired) electrons. The van der Waals surface area contributed by atoms with Crippen LogP contribution in [-0.4, -0.2) is 24.0 Å². The fourth-order valence-corrected chi connectivity index (χ4v) is 4.12. The minimum absolute atomic E-state index is 0.0890. The van der Waals surface area contributed by atoms with E-state index in [-0.39, 0.29) is 11.9 Å². The lowest BCUT2D eigenvalue weighted by Crippen LogP contribution is -2.24. The van der Waals surface area contributed by atoms with Crippen LogP contribution < -0.4 is 15.8 Å². The third-order valence-electron chi connectivity index (χ3n) is 5.84. The van der Waals surface area contributed by atoms with Gasteiger partial charge in [-0.1, -0.05) is 37.5 Å². The molecule has 1 fully saturated rings. The van der Waals surface area contributed by atoms with Gasteiger partial charge in [-0.3, -0.25) is 9.78 Å². The highest BCUT2D eigenvalue weighted by Gasteiger charge is 2.26. The van der Waals surface area contributed by atoms with E-state index in [1.807, 2.05) is 18.2 Å². The number of pyridine rings is 1. The summed E-state index contributed by atoms with van der Waals surface area (Å²) >= 11 is 0. The number of nitrogens with zero attached hydrogens (tertiary/aromatic N) is 1. The van der Waals surface area contributed by atoms with E-state index in [0.29, 0.717) is 24.5 Å². The summed E-state index contributed by atoms with van der Waals surface area (Å²) in [4.78, 5) is 17.0. The summed E-state index contributed by atoms with van der Waals surface area (Å²) in [5.74, 6) is 1.32. The fraction of sp³-hybridized carbons (Fsp3) is 0.364. The Kier molecular flexibility index (Phi) is 3.97. The zero-order chi connectivity index (χ0) is 18.4. The molecule has 5 rings (SSSR count). The Morgan fingerprint density at radius 3 is 2.85 bits per heavy atom. The molecule has 1 atom stereocenters. The molecule has 0 unspecified atom stereocenters. The van der Waals surface area contributed by atoms with E-state index < -0.39 is 0 Å². The number of ether oxygens (including phenoxy) is 1. The first-order valence-electron chi connectivity index (χ1n) is 9.72. The predicted octanol–water partition coefficient (Wildman–Crippen LogP) is 2.99. The molecule has 5 heteroatoms. The number of amides is 1. The molecule has 1 aromatic carbocycles. The third-order valence-corrected chi connectivity index (χ3v) is 5.84. The summed E-state index contributed by atoms with van der Waals surface area (Å²) in [5.41, 5.74) is 12.2. The van der Waals surface area contributed by atoms with Crippen LogP contribution in [0.5, 0.6) is 5.75 Å². The lowest BCUT2D eigenvalue weighted by molar-refractivity contribution is 0.0957. The minimum Gasteiger partial charge on any atom is -0.491 e. The van der Waals surface area contributed by atoms with Crippen molar-refractivity contribution in [3.05, 3.63) is 64.5 Å². The molecule has 0 spiro atoms. The molecular formula is C22H23N3O2. The molecule has 3 aliphatic rings. The molecule has 0 saturated heterocycles. The van der Waals surface area contributed by atoms with Crippen LogP contribution in [0, 0.1) is 5.92 Å². The maximum absolute atomic E-state index is 12.1. The van der Waals surface area contributed by atoms with Crippen molar-refractivity contribution in [2.24, 2.45) is 11.7 Å². The van der Waals surface area contributed by atoms with Gasteiger partial charge in [-0.05, 0) is 41.7 Å². The Morgan fingerprint density at radius 2 is 2.04 bits per heavy atom. The quantitative estimate of drug-likeness (QED) is 0.881. The SMILES string of the molecule is N[C@H]1C=C(c2ccc3c(c2)OCCNC3=O)c2ccc(CC3CCC3)nc21. The molecule has 1 saturated carbocycles. The molecule has 27 heavy (non-hydrogen) atoms. The summed E-state index contributed by atoms with van der Waals surface area (Å²) in [5, 5.41) is 2.84. The molecule has 1 aromatic heterocycles. The molecule has 1 amide bonds. The number of nitrogens with one attached hydrogen (secondary N) is 1. The van der Waals surface area contributed by atoms with Crippen molar-refractivity contribution in [1.29, 1.82) is 0 Å². The molecule has 2 aromatic rings. The molecule has 2 aliphatic carbocycles. The van der Waals surface area contributed by atoms with Gasteiger partial charge in [-0.2, -0.15) is 0 Å². The predicted molar refractivity (Wildman–Crippen MR) is 104 cm³/mol. The van der Waals surface area contributed by atoms with Crippen LogP contribution in [-0.2, 0) is 6.42 Å². The van der Waals surface area contributed by atoms with E-state index >= 15 is 0 Å². The Morgan fingerprint density at radius 1 is 1.19 bits per heavy atom. The molecule has 2 heterocycles. The van der Waals surface area contributed by atoms with Crippen molar-refractivity contribution in [3.8, 4) is 5.75 Å². The summed E-state index contributed by atoms with van der Waals surface area (Å²) in [7, 11) is 0. The monoisotopic (exact) mass is 361 g/mol. The lowest BCUT2D eigenvalue weighted by atomic mass is 9.82. The zero-order valence-corrected chi connectivity index (χ0v) is 15.2. The van der Waals surface area contributed by atoms with E-state index in [1.165, 1.54) is 19.3 Å². The molecule has 138 valence electrons. The smallest absolute Gasteiger partial charge is 0.255 e. The van der Waals surface area contributed by atoms with E-state index in [0.717, 1.165) is 40.4 Å². The zero-order valence-electron chi connectivity index (χ0n) is 15.2. The Balaban J connectivity index is 1.48. The maximum Gasteiger partial charge on any atom is 0.255 e. The number of rotatable bonds is 3. The summed E-state index contributed by atoms with van der Waals surface area (Å²) in [6.07, 6.45) is 7.09. The first kappa shape index (κ1) is 16.5. The van der Waals surface area contributed by atoms with Crippen LogP contribution in [0.2, 0.25) is 0 Å². The number of carbonyl (C=O) groups is 1. The van der Waals surface area contributed by atoms with Gasteiger partial charge in [-0.25, -0.2) is 0 Å². The van der Waals surface area contributed by atoms with E-state index in [9.17, 15) is 4.79 Å². The van der Waals surface area contributed by atoms with Gasteiger partial charge in [-0.15, -0.1) is 0 Å². The standard InChI is InChI=1S/C22H23N3O2/c23-19-12-18(14-4-6-17-20(11-14)27-9-8-24-22(17)26)16-7-5-15(25-21(16)19)10-13-2-1-3-13/h4-7,11-13,19H,1-3,8-10,23H2,(H,24,26)/t19-/m0/s1. The molecule has 0 bridgehead atoms. The maximum atomic E-state index is 12.1. The normalized spacial score (nSPS) is 21.3. The number of hydrogen-bond acceptors (Lipinski definition) is 4. The minimum atomic E-state index is -0.195. The fourth-order valence-electron chi connectivity index (χ4n) is 4.12. The van der Waals surface area contributed by atoms with Gasteiger partial charge in [0.25, 0.3) is 5.91 Å². The van der Waals surface area contributed by atoms with Gasteiger partial charge in [0, 0.05) is 11.3 Å². The average Bonchev–Trinajstić information content (AvgIpc) is 2.85. The Bertz CT molecular complexity index is 947. The van der Waals surface area contributed by atoms with Crippen molar-refractivity contribution in [2.75, 3.05) is 13.2 Å². The molecular weight excluding hydrogens is 338 g/mol. The number of nitrogens with two attached hydrogens (primary N) is 1. The van der Waals surface area contributed by atoms with E-state index in [2.05, 4.69) is 23.5 Å². The second-order valence-corrected chi connectivity index (χ2v) is 7.66. The van der Waals surface area contributed by atoms with Crippen molar-refractivity contribution in [3.63, 3.8) is 0 Å². The highest BCUT2D eigenvalue weighted by Crippen LogP contribution is 2.39. The highest BCUT2D eigenvalue weighted by molar-refractivity contribution is 5.98. The van der Waals surface area contributed by atoms with Crippen LogP contribution in [0.4, 0.5) is 0 Å². The van der Waals surface area contributed by atoms with E-state index in [1.54, 1.807) is 0 Å². The first-order valence-corrected chi connectivity index (χ1v) is 9.72. The third kappa shape index (κ3) is 2.92. The van der Waals surface area contributed by atoms with Crippen molar-refractivity contribution in [1.82, 2.24) is 10.3 Å². The van der Waals surface area contributed by atoms with Gasteiger partial charge in [0.2, 0.25) is 0 Å². The van der Waals surface area contributed by atoms with E-state index in [4.69, 9.17) is 15.5 Å². The number of aromatic nitrogens is 1. The second-order valence-electron chi connectivity index (χ2n) is 7.66. The largest absolute Gasteiger partial charge is 0.491 e. The van der Waals surface area contributed by atoms with Gasteiger partial charge in [0.15, 0.2) is 0 Å². The van der Waals surface area contributed by atoms with Crippen LogP contribution in [0.1, 0.15) is 58.2 Å². The molecule has 3 N–H and O–H groups in total. The number of hydrogen-bond donors (Lipinski definition) is 2. The summed E-state index contributed by atoms with van der Waals surface area (Å²) in [6, 6.07) is 9.82. The topological polar surface area (TPSA) is 77.2 Å². The Hall–Kier alpha value is -2.66. The van der Waals surface area contributed by atoms with Crippen LogP contribution in [0.25, 0.3) is 5.57 Å². The lowest BCUT2D eigenvalue weighted by Gasteiger charge is -2.25.